The zero-order chi connectivity index (χ0) is 16.8. The van der Waals surface area contributed by atoms with Crippen LogP contribution in [0.4, 0.5) is 0 Å². The van der Waals surface area contributed by atoms with E-state index in [1.165, 1.54) is 18.0 Å². The van der Waals surface area contributed by atoms with Crippen molar-refractivity contribution in [1.29, 1.82) is 0 Å². The molecule has 0 atom stereocenters. The van der Waals surface area contributed by atoms with E-state index in [2.05, 4.69) is 22.3 Å². The molecule has 24 heavy (non-hydrogen) atoms. The topological polar surface area (TPSA) is 68.5 Å². The number of hydrogen-bond donors (Lipinski definition) is 1. The van der Waals surface area contributed by atoms with Crippen molar-refractivity contribution in [3.63, 3.8) is 0 Å². The molecule has 0 spiro atoms. The number of rotatable bonds is 5. The van der Waals surface area contributed by atoms with Crippen LogP contribution in [0.3, 0.4) is 0 Å². The third kappa shape index (κ3) is 4.53. The van der Waals surface area contributed by atoms with Gasteiger partial charge in [-0.1, -0.05) is 24.3 Å². The van der Waals surface area contributed by atoms with E-state index >= 15 is 0 Å². The molecule has 3 rings (SSSR count). The maximum absolute atomic E-state index is 12.0. The van der Waals surface area contributed by atoms with E-state index in [0.717, 1.165) is 38.4 Å². The van der Waals surface area contributed by atoms with Gasteiger partial charge in [-0.15, -0.1) is 0 Å². The number of amides is 1. The van der Waals surface area contributed by atoms with Crippen LogP contribution in [0.25, 0.3) is 0 Å². The Morgan fingerprint density at radius 2 is 1.88 bits per heavy atom. The van der Waals surface area contributed by atoms with Crippen molar-refractivity contribution in [1.82, 2.24) is 10.2 Å². The van der Waals surface area contributed by atoms with Crippen LogP contribution in [0, 0.1) is 5.21 Å². The molecule has 1 fully saturated rings. The molecular formula is C18H21N3O3. The molecule has 1 aliphatic rings. The highest BCUT2D eigenvalue weighted by atomic mass is 16.5. The van der Waals surface area contributed by atoms with Crippen LogP contribution >= 0.6 is 0 Å². The third-order valence-corrected chi connectivity index (χ3v) is 4.02. The third-order valence-electron chi connectivity index (χ3n) is 4.02. The Labute approximate surface area is 141 Å². The van der Waals surface area contributed by atoms with Crippen LogP contribution in [-0.2, 0) is 17.8 Å². The van der Waals surface area contributed by atoms with E-state index in [1.54, 1.807) is 12.1 Å². The van der Waals surface area contributed by atoms with E-state index in [-0.39, 0.29) is 5.91 Å². The van der Waals surface area contributed by atoms with Crippen molar-refractivity contribution in [2.24, 2.45) is 0 Å². The SMILES string of the molecule is O=C(NCc1ccc(CN2CCOCC2)cc1)c1ccc[n+]([O-])c1. The lowest BCUT2D eigenvalue weighted by molar-refractivity contribution is -0.605. The first-order valence-corrected chi connectivity index (χ1v) is 8.06. The zero-order valence-corrected chi connectivity index (χ0v) is 13.5. The van der Waals surface area contributed by atoms with E-state index in [0.29, 0.717) is 16.8 Å². The van der Waals surface area contributed by atoms with Crippen molar-refractivity contribution in [2.45, 2.75) is 13.1 Å². The van der Waals surface area contributed by atoms with E-state index < -0.39 is 0 Å². The molecule has 0 aliphatic carbocycles. The maximum atomic E-state index is 12.0. The van der Waals surface area contributed by atoms with Gasteiger partial charge in [-0.05, 0) is 17.2 Å². The average molecular weight is 327 g/mol. The smallest absolute Gasteiger partial charge is 0.257 e. The second-order valence-corrected chi connectivity index (χ2v) is 5.84. The molecular weight excluding hydrogens is 306 g/mol. The first-order valence-electron chi connectivity index (χ1n) is 8.06. The summed E-state index contributed by atoms with van der Waals surface area (Å²) in [4.78, 5) is 14.4. The highest BCUT2D eigenvalue weighted by molar-refractivity contribution is 5.93. The van der Waals surface area contributed by atoms with Crippen molar-refractivity contribution >= 4 is 5.91 Å². The molecule has 1 aromatic heterocycles. The van der Waals surface area contributed by atoms with Gasteiger partial charge >= 0.3 is 0 Å². The predicted octanol–water partition coefficient (Wildman–Crippen LogP) is 1.08. The number of nitrogens with one attached hydrogen (secondary N) is 1. The van der Waals surface area contributed by atoms with Crippen molar-refractivity contribution in [3.05, 3.63) is 70.7 Å². The Kier molecular flexibility index (Phi) is 5.40. The van der Waals surface area contributed by atoms with E-state index in [4.69, 9.17) is 4.74 Å². The van der Waals surface area contributed by atoms with Gasteiger partial charge < -0.3 is 15.3 Å². The Morgan fingerprint density at radius 1 is 1.17 bits per heavy atom. The summed E-state index contributed by atoms with van der Waals surface area (Å²) in [6.07, 6.45) is 2.62. The number of nitrogens with zero attached hydrogens (tertiary/aromatic N) is 2. The fourth-order valence-corrected chi connectivity index (χ4v) is 2.65. The standard InChI is InChI=1S/C18H21N3O3/c22-18(17-2-1-7-21(23)14-17)19-12-15-3-5-16(6-4-15)13-20-8-10-24-11-9-20/h1-7,14H,8-13H2,(H,19,22). The predicted molar refractivity (Wildman–Crippen MR) is 89.1 cm³/mol. The summed E-state index contributed by atoms with van der Waals surface area (Å²) >= 11 is 0. The second kappa shape index (κ2) is 7.90. The van der Waals surface area contributed by atoms with Gasteiger partial charge in [0.05, 0.1) is 13.2 Å². The lowest BCUT2D eigenvalue weighted by atomic mass is 10.1. The minimum atomic E-state index is -0.252. The molecule has 126 valence electrons. The average Bonchev–Trinajstić information content (AvgIpc) is 2.62. The molecule has 0 saturated carbocycles. The molecule has 6 nitrogen and oxygen atoms in total. The summed E-state index contributed by atoms with van der Waals surface area (Å²) in [5.41, 5.74) is 2.64. The lowest BCUT2D eigenvalue weighted by Crippen LogP contribution is -2.35. The molecule has 0 bridgehead atoms. The summed E-state index contributed by atoms with van der Waals surface area (Å²) in [6.45, 7) is 4.89. The second-order valence-electron chi connectivity index (χ2n) is 5.84. The molecule has 1 amide bonds. The van der Waals surface area contributed by atoms with Gasteiger partial charge in [-0.3, -0.25) is 9.69 Å². The minimum absolute atomic E-state index is 0.252. The van der Waals surface area contributed by atoms with Crippen LogP contribution < -0.4 is 10.0 Å². The number of morpholine rings is 1. The first-order chi connectivity index (χ1) is 11.7. The fraction of sp³-hybridized carbons (Fsp3) is 0.333. The van der Waals surface area contributed by atoms with Crippen LogP contribution in [0.15, 0.2) is 48.8 Å². The summed E-state index contributed by atoms with van der Waals surface area (Å²) < 4.78 is 5.97. The Morgan fingerprint density at radius 3 is 2.58 bits per heavy atom. The summed E-state index contributed by atoms with van der Waals surface area (Å²) in [6, 6.07) is 11.4. The lowest BCUT2D eigenvalue weighted by Gasteiger charge is -2.26. The zero-order valence-electron chi connectivity index (χ0n) is 13.5. The molecule has 1 saturated heterocycles. The van der Waals surface area contributed by atoms with Crippen LogP contribution in [0.2, 0.25) is 0 Å². The molecule has 1 N–H and O–H groups in total. The number of carbonyl (C=O) groups is 1. The Bertz CT molecular complexity index is 682. The van der Waals surface area contributed by atoms with Crippen molar-refractivity contribution in [3.8, 4) is 0 Å². The number of ether oxygens (including phenoxy) is 1. The van der Waals surface area contributed by atoms with Crippen LogP contribution in [-0.4, -0.2) is 37.1 Å². The first kappa shape index (κ1) is 16.4. The van der Waals surface area contributed by atoms with Gasteiger partial charge in [-0.2, -0.15) is 4.73 Å². The molecule has 0 unspecified atom stereocenters. The minimum Gasteiger partial charge on any atom is -0.619 e. The van der Waals surface area contributed by atoms with Crippen molar-refractivity contribution < 1.29 is 14.3 Å². The monoisotopic (exact) mass is 327 g/mol. The van der Waals surface area contributed by atoms with Gasteiger partial charge in [0.15, 0.2) is 12.4 Å². The van der Waals surface area contributed by atoms with Crippen LogP contribution in [0.5, 0.6) is 0 Å². The maximum Gasteiger partial charge on any atom is 0.257 e. The largest absolute Gasteiger partial charge is 0.619 e. The number of aromatic nitrogens is 1. The number of pyridine rings is 1. The van der Waals surface area contributed by atoms with E-state index in [9.17, 15) is 10.0 Å². The molecule has 2 aromatic rings. The fourth-order valence-electron chi connectivity index (χ4n) is 2.65. The Hall–Kier alpha value is -2.44. The van der Waals surface area contributed by atoms with Gasteiger partial charge in [-0.25, -0.2) is 0 Å². The van der Waals surface area contributed by atoms with Gasteiger partial charge in [0.1, 0.15) is 5.56 Å². The summed E-state index contributed by atoms with van der Waals surface area (Å²) in [5.74, 6) is -0.252. The molecule has 6 heteroatoms. The molecule has 1 aromatic carbocycles. The number of benzene rings is 1. The normalized spacial score (nSPS) is 15.2. The Balaban J connectivity index is 1.51. The highest BCUT2D eigenvalue weighted by Gasteiger charge is 2.11. The van der Waals surface area contributed by atoms with Crippen LogP contribution in [0.1, 0.15) is 21.5 Å². The molecule has 2 heterocycles. The van der Waals surface area contributed by atoms with Gasteiger partial charge in [0, 0.05) is 32.2 Å². The molecule has 1 aliphatic heterocycles. The summed E-state index contributed by atoms with van der Waals surface area (Å²) in [5, 5.41) is 14.0. The van der Waals surface area contributed by atoms with E-state index in [1.807, 2.05) is 12.1 Å². The quantitative estimate of drug-likeness (QED) is 0.659. The number of hydrogen-bond acceptors (Lipinski definition) is 4. The van der Waals surface area contributed by atoms with Gasteiger partial charge in [0.25, 0.3) is 5.91 Å². The number of carbonyl (C=O) groups excluding carboxylic acids is 1. The van der Waals surface area contributed by atoms with Crippen molar-refractivity contribution in [2.75, 3.05) is 26.3 Å². The molecule has 0 radical (unpaired) electrons. The highest BCUT2D eigenvalue weighted by Crippen LogP contribution is 2.09. The summed E-state index contributed by atoms with van der Waals surface area (Å²) in [7, 11) is 0. The van der Waals surface area contributed by atoms with Gasteiger partial charge in [0.2, 0.25) is 0 Å².